The molecule has 4 saturated heterocycles. The highest BCUT2D eigenvalue weighted by atomic mass is 15.4. The normalized spacial score (nSPS) is 22.1. The number of likely N-dealkylation sites (N-methyl/N-ethyl adjacent to an activating group) is 4. The molecule has 6 rings (SSSR count). The van der Waals surface area contributed by atoms with Gasteiger partial charge in [-0.1, -0.05) is 24.3 Å². The van der Waals surface area contributed by atoms with Crippen molar-refractivity contribution in [3.05, 3.63) is 36.4 Å². The lowest BCUT2D eigenvalue weighted by atomic mass is 10.1. The molecule has 0 aliphatic carbocycles. The molecule has 0 spiro atoms. The standard InChI is InChI=1S/C32H50N10/c1-35-9-17-39(18-10-35)31(40-19-11-36(2)12-20-40)33-29-25-27-7-5-6-8-28(27)26-30(29)34-32(41-21-13-37(3)14-22-41)42-23-15-38(4)16-24-42/h5-8,25-26H,9-24H2,1-4H3. The quantitative estimate of drug-likeness (QED) is 0.398. The zero-order valence-electron chi connectivity index (χ0n) is 26.2. The minimum atomic E-state index is 0.974. The largest absolute Gasteiger partial charge is 0.340 e. The molecule has 10 heteroatoms. The van der Waals surface area contributed by atoms with Gasteiger partial charge < -0.3 is 39.2 Å². The Labute approximate surface area is 252 Å². The van der Waals surface area contributed by atoms with Crippen molar-refractivity contribution in [1.29, 1.82) is 0 Å². The van der Waals surface area contributed by atoms with Gasteiger partial charge in [0, 0.05) is 105 Å². The number of aliphatic imine (C=N–C) groups is 2. The third-order valence-corrected chi connectivity index (χ3v) is 9.43. The van der Waals surface area contributed by atoms with Crippen LogP contribution in [0.4, 0.5) is 11.4 Å². The summed E-state index contributed by atoms with van der Waals surface area (Å²) in [5.41, 5.74) is 1.95. The second kappa shape index (κ2) is 13.2. The average Bonchev–Trinajstić information content (AvgIpc) is 3.01. The van der Waals surface area contributed by atoms with Crippen LogP contribution in [0.15, 0.2) is 46.4 Å². The number of hydrogen-bond acceptors (Lipinski definition) is 6. The maximum absolute atomic E-state index is 5.54. The van der Waals surface area contributed by atoms with Gasteiger partial charge in [0.15, 0.2) is 0 Å². The Morgan fingerprint density at radius 3 is 0.952 bits per heavy atom. The summed E-state index contributed by atoms with van der Waals surface area (Å²) < 4.78 is 0. The van der Waals surface area contributed by atoms with Gasteiger partial charge in [0.05, 0.1) is 11.4 Å². The molecule has 4 aliphatic heterocycles. The molecule has 4 fully saturated rings. The predicted molar refractivity (Wildman–Crippen MR) is 174 cm³/mol. The minimum absolute atomic E-state index is 0.974. The van der Waals surface area contributed by atoms with Crippen LogP contribution in [0.25, 0.3) is 10.8 Å². The summed E-state index contributed by atoms with van der Waals surface area (Å²) in [5, 5.41) is 2.43. The first-order valence-corrected chi connectivity index (χ1v) is 15.9. The maximum Gasteiger partial charge on any atom is 0.202 e. The molecule has 0 radical (unpaired) electrons. The van der Waals surface area contributed by atoms with Gasteiger partial charge in [0.25, 0.3) is 0 Å². The van der Waals surface area contributed by atoms with Gasteiger partial charge >= 0.3 is 0 Å². The number of rotatable bonds is 2. The topological polar surface area (TPSA) is 50.6 Å². The Hall–Kier alpha value is -2.92. The predicted octanol–water partition coefficient (Wildman–Crippen LogP) is 1.80. The monoisotopic (exact) mass is 574 g/mol. The highest BCUT2D eigenvalue weighted by Gasteiger charge is 2.28. The Morgan fingerprint density at radius 2 is 0.690 bits per heavy atom. The van der Waals surface area contributed by atoms with Crippen LogP contribution in [-0.2, 0) is 0 Å². The van der Waals surface area contributed by atoms with E-state index in [4.69, 9.17) is 9.98 Å². The molecule has 2 aromatic carbocycles. The van der Waals surface area contributed by atoms with Gasteiger partial charge in [-0.05, 0) is 51.1 Å². The van der Waals surface area contributed by atoms with Crippen LogP contribution in [0.1, 0.15) is 0 Å². The lowest BCUT2D eigenvalue weighted by molar-refractivity contribution is 0.167. The molecule has 228 valence electrons. The lowest BCUT2D eigenvalue weighted by Gasteiger charge is -2.42. The maximum atomic E-state index is 5.54. The summed E-state index contributed by atoms with van der Waals surface area (Å²) in [7, 11) is 8.88. The molecule has 4 aliphatic rings. The first-order chi connectivity index (χ1) is 20.4. The fourth-order valence-electron chi connectivity index (χ4n) is 6.32. The van der Waals surface area contributed by atoms with Crippen molar-refractivity contribution in [1.82, 2.24) is 39.2 Å². The molecular weight excluding hydrogens is 524 g/mol. The van der Waals surface area contributed by atoms with E-state index in [0.29, 0.717) is 0 Å². The number of benzene rings is 2. The Morgan fingerprint density at radius 1 is 0.429 bits per heavy atom. The summed E-state index contributed by atoms with van der Waals surface area (Å²) in [6.07, 6.45) is 0. The summed E-state index contributed by atoms with van der Waals surface area (Å²) in [6, 6.07) is 13.2. The van der Waals surface area contributed by atoms with E-state index in [0.717, 1.165) is 128 Å². The summed E-state index contributed by atoms with van der Waals surface area (Å²) in [6.45, 7) is 16.5. The number of hydrogen-bond donors (Lipinski definition) is 0. The van der Waals surface area contributed by atoms with Gasteiger partial charge in [-0.25, -0.2) is 9.98 Å². The Bertz CT molecular complexity index is 1100. The van der Waals surface area contributed by atoms with Gasteiger partial charge in [-0.15, -0.1) is 0 Å². The third-order valence-electron chi connectivity index (χ3n) is 9.43. The lowest BCUT2D eigenvalue weighted by Crippen LogP contribution is -2.56. The van der Waals surface area contributed by atoms with E-state index in [1.807, 2.05) is 0 Å². The summed E-state index contributed by atoms with van der Waals surface area (Å²) >= 11 is 0. The molecule has 0 atom stereocenters. The molecule has 0 unspecified atom stereocenters. The second-order valence-electron chi connectivity index (χ2n) is 12.7. The van der Waals surface area contributed by atoms with E-state index in [2.05, 4.69) is 104 Å². The smallest absolute Gasteiger partial charge is 0.202 e. The highest BCUT2D eigenvalue weighted by Crippen LogP contribution is 2.35. The summed E-state index contributed by atoms with van der Waals surface area (Å²) in [4.78, 5) is 30.8. The van der Waals surface area contributed by atoms with E-state index >= 15 is 0 Å². The third kappa shape index (κ3) is 6.83. The molecule has 2 aromatic rings. The molecule has 0 N–H and O–H groups in total. The zero-order chi connectivity index (χ0) is 29.1. The fourth-order valence-corrected chi connectivity index (χ4v) is 6.32. The van der Waals surface area contributed by atoms with Crippen LogP contribution in [0.3, 0.4) is 0 Å². The van der Waals surface area contributed by atoms with Gasteiger partial charge in [-0.2, -0.15) is 0 Å². The molecule has 10 nitrogen and oxygen atoms in total. The Kier molecular flexibility index (Phi) is 9.14. The first-order valence-electron chi connectivity index (χ1n) is 15.9. The number of fused-ring (bicyclic) bond motifs is 1. The van der Waals surface area contributed by atoms with Gasteiger partial charge in [-0.3, -0.25) is 0 Å². The van der Waals surface area contributed by atoms with Gasteiger partial charge in [0.1, 0.15) is 0 Å². The molecule has 42 heavy (non-hydrogen) atoms. The van der Waals surface area contributed by atoms with Crippen molar-refractivity contribution in [2.75, 3.05) is 133 Å². The SMILES string of the molecule is CN1CCN(C(=Nc2cc3ccccc3cc2N=C(N2CCN(C)CC2)N2CCN(C)CC2)N2CCN(C)CC2)CC1. The molecule has 0 saturated carbocycles. The van der Waals surface area contributed by atoms with Crippen LogP contribution < -0.4 is 0 Å². The molecular formula is C32H50N10. The van der Waals surface area contributed by atoms with E-state index in [9.17, 15) is 0 Å². The van der Waals surface area contributed by atoms with Crippen molar-refractivity contribution in [2.24, 2.45) is 9.98 Å². The second-order valence-corrected chi connectivity index (χ2v) is 12.7. The van der Waals surface area contributed by atoms with Crippen molar-refractivity contribution < 1.29 is 0 Å². The highest BCUT2D eigenvalue weighted by molar-refractivity contribution is 5.95. The zero-order valence-corrected chi connectivity index (χ0v) is 26.2. The minimum Gasteiger partial charge on any atom is -0.340 e. The Balaban J connectivity index is 1.44. The van der Waals surface area contributed by atoms with Crippen molar-refractivity contribution in [3.63, 3.8) is 0 Å². The van der Waals surface area contributed by atoms with Crippen LogP contribution >= 0.6 is 0 Å². The molecule has 0 amide bonds. The van der Waals surface area contributed by atoms with E-state index in [1.165, 1.54) is 10.8 Å². The van der Waals surface area contributed by atoms with Crippen LogP contribution in [0.2, 0.25) is 0 Å². The molecule has 0 bridgehead atoms. The van der Waals surface area contributed by atoms with Gasteiger partial charge in [0.2, 0.25) is 11.9 Å². The molecule has 4 heterocycles. The average molecular weight is 575 g/mol. The summed E-state index contributed by atoms with van der Waals surface area (Å²) in [5.74, 6) is 2.23. The van der Waals surface area contributed by atoms with Crippen molar-refractivity contribution >= 4 is 34.1 Å². The van der Waals surface area contributed by atoms with E-state index < -0.39 is 0 Å². The number of piperazine rings is 4. The van der Waals surface area contributed by atoms with Crippen LogP contribution in [0.5, 0.6) is 0 Å². The van der Waals surface area contributed by atoms with E-state index in [1.54, 1.807) is 0 Å². The van der Waals surface area contributed by atoms with Crippen molar-refractivity contribution in [3.8, 4) is 0 Å². The number of guanidine groups is 2. The first kappa shape index (κ1) is 29.2. The molecule has 0 aromatic heterocycles. The number of nitrogens with zero attached hydrogens (tertiary/aromatic N) is 10. The van der Waals surface area contributed by atoms with Crippen LogP contribution in [-0.4, -0.2) is 184 Å². The van der Waals surface area contributed by atoms with Crippen molar-refractivity contribution in [2.45, 2.75) is 0 Å². The van der Waals surface area contributed by atoms with Crippen LogP contribution in [0, 0.1) is 0 Å². The van der Waals surface area contributed by atoms with E-state index in [-0.39, 0.29) is 0 Å². The fraction of sp³-hybridized carbons (Fsp3) is 0.625.